The predicted octanol–water partition coefficient (Wildman–Crippen LogP) is 23.1. The molecule has 5 unspecified atom stereocenters. The van der Waals surface area contributed by atoms with Gasteiger partial charge in [0, 0.05) is 19.3 Å². The van der Waals surface area contributed by atoms with Gasteiger partial charge in [-0.05, 0) is 148 Å². The summed E-state index contributed by atoms with van der Waals surface area (Å²) in [6, 6.07) is 0. The fourth-order valence-electron chi connectivity index (χ4n) is 10.3. The normalized spacial score (nSPS) is 14.7. The number of phosphoric acid groups is 2. The van der Waals surface area contributed by atoms with Crippen molar-refractivity contribution in [1.82, 2.24) is 0 Å². The van der Waals surface area contributed by atoms with Crippen LogP contribution in [0.15, 0.2) is 134 Å². The largest absolute Gasteiger partial charge is 0.472 e. The fourth-order valence-corrected chi connectivity index (χ4v) is 11.8. The van der Waals surface area contributed by atoms with E-state index in [0.29, 0.717) is 19.3 Å². The third-order valence-electron chi connectivity index (χ3n) is 16.3. The first kappa shape index (κ1) is 96.7. The standard InChI is InChI=1S/C83H142O16P2/c1-4-7-10-13-16-19-22-25-28-31-34-36-38-40-43-45-48-51-54-57-60-63-66-69-81(86)93-72-78(84)73-95-100(89,90)96-74-79(85)75-97-101(91,92)98-77-80(99-83(88)71-68-65-62-59-56-53-50-47-42-33-30-27-24-21-18-15-12-9-6-3)76-94-82(87)70-67-64-61-58-55-52-49-46-44-41-39-37-35-32-29-26-23-20-17-14-11-8-5-2/h16-21,25-30,34-37,40-44,47,78-80,84-85H,4-15,22-24,31-33,38-39,45-46,48-77H2,1-3H3,(H,89,90)(H,91,92)/b19-16-,20-17-,21-18-,28-25-,29-26-,30-27-,36-34-,37-35-,43-40-,44-41-,47-42-. The van der Waals surface area contributed by atoms with Gasteiger partial charge in [0.1, 0.15) is 25.4 Å². The first-order valence-corrected chi connectivity index (χ1v) is 42.5. The molecule has 0 aliphatic rings. The number of unbranched alkanes of at least 4 members (excludes halogenated alkanes) is 29. The molecule has 0 rings (SSSR count). The van der Waals surface area contributed by atoms with Crippen LogP contribution in [0, 0.1) is 0 Å². The van der Waals surface area contributed by atoms with Crippen LogP contribution in [0.4, 0.5) is 0 Å². The van der Waals surface area contributed by atoms with Crippen molar-refractivity contribution in [3.63, 3.8) is 0 Å². The molecule has 101 heavy (non-hydrogen) atoms. The molecule has 0 amide bonds. The number of aliphatic hydroxyl groups excluding tert-OH is 2. The summed E-state index contributed by atoms with van der Waals surface area (Å²) in [7, 11) is -9.81. The van der Waals surface area contributed by atoms with E-state index in [0.717, 1.165) is 186 Å². The van der Waals surface area contributed by atoms with Crippen molar-refractivity contribution < 1.29 is 75.8 Å². The first-order valence-electron chi connectivity index (χ1n) is 39.5. The molecule has 0 fully saturated rings. The highest BCUT2D eigenvalue weighted by Crippen LogP contribution is 2.45. The predicted molar refractivity (Wildman–Crippen MR) is 417 cm³/mol. The van der Waals surface area contributed by atoms with Crippen LogP contribution in [0.2, 0.25) is 0 Å². The molecule has 0 saturated heterocycles. The zero-order valence-electron chi connectivity index (χ0n) is 63.3. The molecule has 0 aliphatic heterocycles. The van der Waals surface area contributed by atoms with E-state index in [2.05, 4.69) is 154 Å². The summed E-state index contributed by atoms with van der Waals surface area (Å²) in [5.74, 6) is -1.61. The maximum absolute atomic E-state index is 13.0. The van der Waals surface area contributed by atoms with Gasteiger partial charge >= 0.3 is 33.6 Å². The quantitative estimate of drug-likeness (QED) is 0.0146. The van der Waals surface area contributed by atoms with Crippen LogP contribution in [-0.2, 0) is 55.8 Å². The lowest BCUT2D eigenvalue weighted by Gasteiger charge is -2.21. The van der Waals surface area contributed by atoms with E-state index >= 15 is 0 Å². The van der Waals surface area contributed by atoms with Crippen LogP contribution < -0.4 is 0 Å². The van der Waals surface area contributed by atoms with Crippen molar-refractivity contribution in [2.75, 3.05) is 39.6 Å². The molecule has 0 aromatic heterocycles. The van der Waals surface area contributed by atoms with Crippen LogP contribution in [-0.4, -0.2) is 95.9 Å². The molecular formula is C83H142O16P2. The Morgan fingerprint density at radius 1 is 0.277 bits per heavy atom. The number of allylic oxidation sites excluding steroid dienone is 22. The maximum atomic E-state index is 13.0. The summed E-state index contributed by atoms with van der Waals surface area (Å²) in [5, 5.41) is 20.6. The molecule has 0 aromatic carbocycles. The van der Waals surface area contributed by atoms with Crippen molar-refractivity contribution in [2.24, 2.45) is 0 Å². The van der Waals surface area contributed by atoms with Crippen LogP contribution in [0.3, 0.4) is 0 Å². The molecule has 0 bridgehead atoms. The second kappa shape index (κ2) is 75.4. The van der Waals surface area contributed by atoms with Gasteiger partial charge in [0.2, 0.25) is 0 Å². The van der Waals surface area contributed by atoms with E-state index in [4.69, 9.17) is 32.3 Å². The number of rotatable bonds is 74. The minimum atomic E-state index is -4.94. The van der Waals surface area contributed by atoms with E-state index < -0.39 is 91.5 Å². The number of carbonyl (C=O) groups excluding carboxylic acids is 3. The minimum absolute atomic E-state index is 0.0837. The molecule has 580 valence electrons. The number of ether oxygens (including phenoxy) is 3. The third kappa shape index (κ3) is 76.6. The Morgan fingerprint density at radius 2 is 0.495 bits per heavy atom. The molecule has 0 saturated carbocycles. The number of aliphatic hydroxyl groups is 2. The minimum Gasteiger partial charge on any atom is -0.463 e. The molecule has 18 heteroatoms. The number of esters is 3. The van der Waals surface area contributed by atoms with Gasteiger partial charge in [-0.3, -0.25) is 32.5 Å². The van der Waals surface area contributed by atoms with Crippen LogP contribution >= 0.6 is 15.6 Å². The third-order valence-corrected chi connectivity index (χ3v) is 18.2. The van der Waals surface area contributed by atoms with Gasteiger partial charge < -0.3 is 34.2 Å². The zero-order valence-corrected chi connectivity index (χ0v) is 65.1. The average Bonchev–Trinajstić information content (AvgIpc) is 1.05. The molecule has 4 N–H and O–H groups in total. The molecule has 0 heterocycles. The summed E-state index contributed by atoms with van der Waals surface area (Å²) in [6.45, 7) is 2.57. The Bertz CT molecular complexity index is 2370. The van der Waals surface area contributed by atoms with Crippen LogP contribution in [0.25, 0.3) is 0 Å². The van der Waals surface area contributed by atoms with Crippen LogP contribution in [0.5, 0.6) is 0 Å². The Morgan fingerprint density at radius 3 is 0.782 bits per heavy atom. The summed E-state index contributed by atoms with van der Waals surface area (Å²) in [4.78, 5) is 58.7. The van der Waals surface area contributed by atoms with E-state index in [1.807, 2.05) is 0 Å². The smallest absolute Gasteiger partial charge is 0.463 e. The van der Waals surface area contributed by atoms with Crippen molar-refractivity contribution in [1.29, 1.82) is 0 Å². The monoisotopic (exact) mass is 1460 g/mol. The summed E-state index contributed by atoms with van der Waals surface area (Å²) < 4.78 is 61.2. The highest BCUT2D eigenvalue weighted by atomic mass is 31.2. The average molecular weight is 1460 g/mol. The van der Waals surface area contributed by atoms with Crippen molar-refractivity contribution in [3.05, 3.63) is 134 Å². The lowest BCUT2D eigenvalue weighted by Crippen LogP contribution is -2.30. The van der Waals surface area contributed by atoms with Gasteiger partial charge in [0.15, 0.2) is 6.10 Å². The van der Waals surface area contributed by atoms with Gasteiger partial charge in [0.25, 0.3) is 0 Å². The van der Waals surface area contributed by atoms with E-state index in [1.165, 1.54) is 70.6 Å². The molecule has 0 spiro atoms. The summed E-state index contributed by atoms with van der Waals surface area (Å²) >= 11 is 0. The van der Waals surface area contributed by atoms with Gasteiger partial charge in [0.05, 0.1) is 26.4 Å². The molecule has 0 aliphatic carbocycles. The van der Waals surface area contributed by atoms with Crippen molar-refractivity contribution in [3.8, 4) is 0 Å². The van der Waals surface area contributed by atoms with Gasteiger partial charge in [-0.15, -0.1) is 0 Å². The highest BCUT2D eigenvalue weighted by molar-refractivity contribution is 7.47. The Balaban J connectivity index is 4.72. The second-order valence-corrected chi connectivity index (χ2v) is 29.1. The Hall–Kier alpha value is -4.31. The molecule has 0 radical (unpaired) electrons. The van der Waals surface area contributed by atoms with Crippen molar-refractivity contribution >= 4 is 33.6 Å². The highest BCUT2D eigenvalue weighted by Gasteiger charge is 2.29. The molecule has 0 aromatic rings. The van der Waals surface area contributed by atoms with Gasteiger partial charge in [-0.2, -0.15) is 0 Å². The summed E-state index contributed by atoms with van der Waals surface area (Å²) in [5.41, 5.74) is 0. The summed E-state index contributed by atoms with van der Waals surface area (Å²) in [6.07, 6.45) is 90.4. The van der Waals surface area contributed by atoms with E-state index in [1.54, 1.807) is 0 Å². The Kier molecular flexibility index (Phi) is 72.2. The van der Waals surface area contributed by atoms with Crippen molar-refractivity contribution in [2.45, 2.75) is 334 Å². The molecular weight excluding hydrogens is 1310 g/mol. The van der Waals surface area contributed by atoms with Gasteiger partial charge in [-0.25, -0.2) is 9.13 Å². The van der Waals surface area contributed by atoms with Crippen LogP contribution in [0.1, 0.15) is 316 Å². The zero-order chi connectivity index (χ0) is 73.7. The molecule has 16 nitrogen and oxygen atoms in total. The maximum Gasteiger partial charge on any atom is 0.472 e. The number of phosphoric ester groups is 2. The first-order chi connectivity index (χ1) is 49.2. The van der Waals surface area contributed by atoms with E-state index in [-0.39, 0.29) is 19.3 Å². The SMILES string of the molecule is CCCCC/C=C\C/C=C\C/C=C\C/C=C\CCCCCCCCCC(=O)OCC(O)COP(=O)(O)OCC(O)COP(=O)(O)OCC(COC(=O)CCCCCCCCC/C=C\C/C=C\C/C=C\C/C=C\CCCCC)OC(=O)CCCCCCCC/C=C\C/C=C\C/C=C\CCCCC. The fraction of sp³-hybridized carbons (Fsp3) is 0.699. The lowest BCUT2D eigenvalue weighted by molar-refractivity contribution is -0.161. The topological polar surface area (TPSA) is 231 Å². The van der Waals surface area contributed by atoms with E-state index in [9.17, 15) is 43.5 Å². The Labute approximate surface area is 614 Å². The number of hydrogen-bond donors (Lipinski definition) is 4. The number of carbonyl (C=O) groups is 3. The van der Waals surface area contributed by atoms with Gasteiger partial charge in [-0.1, -0.05) is 283 Å². The molecule has 5 atom stereocenters. The number of hydrogen-bond acceptors (Lipinski definition) is 14. The lowest BCUT2D eigenvalue weighted by atomic mass is 10.1. The second-order valence-electron chi connectivity index (χ2n) is 26.2.